The average Bonchev–Trinajstić information content (AvgIpc) is 2.74. The molecule has 0 bridgehead atoms. The monoisotopic (exact) mass is 314 g/mol. The van der Waals surface area contributed by atoms with Gasteiger partial charge in [0.05, 0.1) is 5.69 Å². The van der Waals surface area contributed by atoms with Crippen molar-refractivity contribution in [3.8, 4) is 0 Å². The van der Waals surface area contributed by atoms with Crippen molar-refractivity contribution < 1.29 is 0 Å². The van der Waals surface area contributed by atoms with Crippen molar-refractivity contribution in [2.45, 2.75) is 20.0 Å². The Kier molecular flexibility index (Phi) is 4.14. The van der Waals surface area contributed by atoms with Gasteiger partial charge in [-0.25, -0.2) is 0 Å². The Morgan fingerprint density at radius 3 is 2.77 bits per heavy atom. The highest BCUT2D eigenvalue weighted by Crippen LogP contribution is 2.23. The van der Waals surface area contributed by atoms with Gasteiger partial charge in [-0.15, -0.1) is 0 Å². The highest BCUT2D eigenvalue weighted by molar-refractivity contribution is 6.30. The molecule has 0 atom stereocenters. The predicted molar refractivity (Wildman–Crippen MR) is 89.9 cm³/mol. The summed E-state index contributed by atoms with van der Waals surface area (Å²) in [4.78, 5) is 6.44. The second kappa shape index (κ2) is 6.07. The van der Waals surface area contributed by atoms with Crippen LogP contribution in [0.3, 0.4) is 0 Å². The van der Waals surface area contributed by atoms with Crippen molar-refractivity contribution in [2.75, 3.05) is 7.05 Å². The molecule has 0 radical (unpaired) electrons. The molecule has 0 aliphatic carbocycles. The van der Waals surface area contributed by atoms with Crippen molar-refractivity contribution in [1.29, 1.82) is 0 Å². The van der Waals surface area contributed by atoms with Crippen LogP contribution in [0.15, 0.2) is 36.7 Å². The molecule has 4 nitrogen and oxygen atoms in total. The summed E-state index contributed by atoms with van der Waals surface area (Å²) in [6.07, 6.45) is 3.74. The Morgan fingerprint density at radius 1 is 1.23 bits per heavy atom. The number of rotatable bonds is 4. The quantitative estimate of drug-likeness (QED) is 0.738. The van der Waals surface area contributed by atoms with E-state index >= 15 is 0 Å². The van der Waals surface area contributed by atoms with Gasteiger partial charge in [0, 0.05) is 43.5 Å². The summed E-state index contributed by atoms with van der Waals surface area (Å²) in [5.41, 5.74) is 3.37. The molecule has 0 aliphatic rings. The number of nitrogens with zero attached hydrogens (tertiary/aromatic N) is 4. The molecule has 5 heteroatoms. The lowest BCUT2D eigenvalue weighted by atomic mass is 10.1. The van der Waals surface area contributed by atoms with Crippen LogP contribution >= 0.6 is 11.6 Å². The Labute approximate surface area is 135 Å². The molecule has 2 heterocycles. The molecule has 2 aromatic heterocycles. The van der Waals surface area contributed by atoms with E-state index in [-0.39, 0.29) is 0 Å². The van der Waals surface area contributed by atoms with Crippen LogP contribution in [0.4, 0.5) is 0 Å². The molecule has 0 unspecified atom stereocenters. The largest absolute Gasteiger partial charge is 0.298 e. The van der Waals surface area contributed by atoms with E-state index in [0.29, 0.717) is 5.15 Å². The van der Waals surface area contributed by atoms with Gasteiger partial charge in [-0.05, 0) is 31.0 Å². The minimum atomic E-state index is 0.714. The molecule has 0 saturated carbocycles. The zero-order valence-electron chi connectivity index (χ0n) is 13.0. The zero-order valence-corrected chi connectivity index (χ0v) is 13.8. The van der Waals surface area contributed by atoms with E-state index in [1.165, 1.54) is 16.3 Å². The van der Waals surface area contributed by atoms with Crippen LogP contribution in [0, 0.1) is 6.92 Å². The molecule has 0 aliphatic heterocycles. The molecule has 3 rings (SSSR count). The van der Waals surface area contributed by atoms with Crippen molar-refractivity contribution in [3.05, 3.63) is 58.6 Å². The van der Waals surface area contributed by atoms with E-state index in [1.807, 2.05) is 26.4 Å². The van der Waals surface area contributed by atoms with E-state index in [9.17, 15) is 0 Å². The summed E-state index contributed by atoms with van der Waals surface area (Å²) >= 11 is 6.32. The van der Waals surface area contributed by atoms with Crippen LogP contribution < -0.4 is 0 Å². The van der Waals surface area contributed by atoms with Crippen LogP contribution in [-0.2, 0) is 20.1 Å². The lowest BCUT2D eigenvalue weighted by Gasteiger charge is -2.18. The third kappa shape index (κ3) is 2.85. The van der Waals surface area contributed by atoms with Crippen LogP contribution in [0.2, 0.25) is 5.15 Å². The number of aromatic nitrogens is 3. The van der Waals surface area contributed by atoms with E-state index in [1.54, 1.807) is 4.68 Å². The molecule has 22 heavy (non-hydrogen) atoms. The molecule has 114 valence electrons. The summed E-state index contributed by atoms with van der Waals surface area (Å²) in [6, 6.07) is 8.40. The lowest BCUT2D eigenvalue weighted by Crippen LogP contribution is -2.18. The fourth-order valence-electron chi connectivity index (χ4n) is 2.80. The topological polar surface area (TPSA) is 34.0 Å². The van der Waals surface area contributed by atoms with Gasteiger partial charge in [0.1, 0.15) is 5.15 Å². The number of halogens is 1. The van der Waals surface area contributed by atoms with E-state index < -0.39 is 0 Å². The van der Waals surface area contributed by atoms with Crippen LogP contribution in [-0.4, -0.2) is 26.7 Å². The summed E-state index contributed by atoms with van der Waals surface area (Å²) < 4.78 is 1.73. The highest BCUT2D eigenvalue weighted by atomic mass is 35.5. The molecule has 0 N–H and O–H groups in total. The molecular weight excluding hydrogens is 296 g/mol. The van der Waals surface area contributed by atoms with Gasteiger partial charge in [-0.3, -0.25) is 14.6 Å². The van der Waals surface area contributed by atoms with Crippen molar-refractivity contribution >= 4 is 22.4 Å². The number of benzene rings is 1. The smallest absolute Gasteiger partial charge is 0.131 e. The fraction of sp³-hybridized carbons (Fsp3) is 0.294. The van der Waals surface area contributed by atoms with Gasteiger partial charge >= 0.3 is 0 Å². The third-order valence-corrected chi connectivity index (χ3v) is 4.38. The first-order valence-electron chi connectivity index (χ1n) is 7.24. The van der Waals surface area contributed by atoms with Gasteiger partial charge in [-0.1, -0.05) is 29.8 Å². The molecule has 0 saturated heterocycles. The molecule has 0 spiro atoms. The zero-order chi connectivity index (χ0) is 15.7. The van der Waals surface area contributed by atoms with E-state index in [2.05, 4.69) is 46.3 Å². The SMILES string of the molecule is Cc1nn(C)c(Cl)c1CN(C)Cc1cccc2cnccc12. The second-order valence-corrected chi connectivity index (χ2v) is 6.02. The van der Waals surface area contributed by atoms with Crippen molar-refractivity contribution in [3.63, 3.8) is 0 Å². The minimum Gasteiger partial charge on any atom is -0.298 e. The summed E-state index contributed by atoms with van der Waals surface area (Å²) in [5.74, 6) is 0. The minimum absolute atomic E-state index is 0.714. The number of pyridine rings is 1. The van der Waals surface area contributed by atoms with Gasteiger partial charge in [0.25, 0.3) is 0 Å². The maximum Gasteiger partial charge on any atom is 0.131 e. The predicted octanol–water partition coefficient (Wildman–Crippen LogP) is 3.56. The molecular formula is C17H19ClN4. The number of hydrogen-bond acceptors (Lipinski definition) is 3. The summed E-state index contributed by atoms with van der Waals surface area (Å²) in [7, 11) is 3.97. The van der Waals surface area contributed by atoms with Gasteiger partial charge < -0.3 is 0 Å². The van der Waals surface area contributed by atoms with Crippen molar-refractivity contribution in [1.82, 2.24) is 19.7 Å². The third-order valence-electron chi connectivity index (χ3n) is 3.91. The van der Waals surface area contributed by atoms with Crippen LogP contribution in [0.1, 0.15) is 16.8 Å². The van der Waals surface area contributed by atoms with Crippen LogP contribution in [0.25, 0.3) is 10.8 Å². The van der Waals surface area contributed by atoms with Gasteiger partial charge in [0.2, 0.25) is 0 Å². The van der Waals surface area contributed by atoms with Gasteiger partial charge in [-0.2, -0.15) is 5.10 Å². The van der Waals surface area contributed by atoms with Crippen molar-refractivity contribution in [2.24, 2.45) is 7.05 Å². The van der Waals surface area contributed by atoms with Crippen LogP contribution in [0.5, 0.6) is 0 Å². The first kappa shape index (κ1) is 15.0. The highest BCUT2D eigenvalue weighted by Gasteiger charge is 2.14. The Hall–Kier alpha value is -1.91. The van der Waals surface area contributed by atoms with Gasteiger partial charge in [0.15, 0.2) is 0 Å². The maximum atomic E-state index is 6.32. The lowest BCUT2D eigenvalue weighted by molar-refractivity contribution is 0.319. The number of aryl methyl sites for hydroxylation is 2. The second-order valence-electron chi connectivity index (χ2n) is 5.66. The first-order chi connectivity index (χ1) is 10.6. The normalized spacial score (nSPS) is 11.5. The Balaban J connectivity index is 1.83. The average molecular weight is 315 g/mol. The van der Waals surface area contributed by atoms with E-state index in [4.69, 9.17) is 11.6 Å². The molecule has 3 aromatic rings. The Morgan fingerprint density at radius 2 is 2.05 bits per heavy atom. The standard InChI is InChI=1S/C17H19ClN4/c1-12-16(17(18)22(3)20-12)11-21(2)10-14-6-4-5-13-9-19-8-7-15(13)14/h4-9H,10-11H2,1-3H3. The van der Waals surface area contributed by atoms with E-state index in [0.717, 1.165) is 24.3 Å². The first-order valence-corrected chi connectivity index (χ1v) is 7.62. The Bertz CT molecular complexity index is 804. The maximum absolute atomic E-state index is 6.32. The summed E-state index contributed by atoms with van der Waals surface area (Å²) in [5, 5.41) is 7.50. The molecule has 0 amide bonds. The number of hydrogen-bond donors (Lipinski definition) is 0. The molecule has 1 aromatic carbocycles. The number of fused-ring (bicyclic) bond motifs is 1. The molecule has 0 fully saturated rings. The summed E-state index contributed by atoms with van der Waals surface area (Å²) in [6.45, 7) is 3.63. The fourth-order valence-corrected chi connectivity index (χ4v) is 3.03.